The summed E-state index contributed by atoms with van der Waals surface area (Å²) in [6, 6.07) is 0. The van der Waals surface area contributed by atoms with E-state index in [0.29, 0.717) is 0 Å². The predicted octanol–water partition coefficient (Wildman–Crippen LogP) is 4.38. The SMILES string of the molecule is CCCCCCCCCCCCC=CC(=O)CN. The summed E-state index contributed by atoms with van der Waals surface area (Å²) in [6.45, 7) is 2.39. The lowest BCUT2D eigenvalue weighted by atomic mass is 10.1. The second kappa shape index (κ2) is 14.4. The number of carbonyl (C=O) groups is 1. The van der Waals surface area contributed by atoms with Crippen LogP contribution >= 0.6 is 0 Å². The van der Waals surface area contributed by atoms with Gasteiger partial charge in [0.25, 0.3) is 0 Å². The monoisotopic (exact) mass is 253 g/mol. The van der Waals surface area contributed by atoms with Crippen LogP contribution < -0.4 is 5.73 Å². The summed E-state index contributed by atoms with van der Waals surface area (Å²) in [4.78, 5) is 10.9. The maximum atomic E-state index is 10.9. The van der Waals surface area contributed by atoms with Crippen LogP contribution in [0.5, 0.6) is 0 Å². The van der Waals surface area contributed by atoms with Gasteiger partial charge in [0.05, 0.1) is 6.54 Å². The molecule has 2 N–H and O–H groups in total. The van der Waals surface area contributed by atoms with E-state index in [-0.39, 0.29) is 12.3 Å². The van der Waals surface area contributed by atoms with Crippen molar-refractivity contribution in [3.63, 3.8) is 0 Å². The summed E-state index contributed by atoms with van der Waals surface area (Å²) in [7, 11) is 0. The van der Waals surface area contributed by atoms with Crippen LogP contribution in [0.1, 0.15) is 77.6 Å². The number of unbranched alkanes of at least 4 members (excludes halogenated alkanes) is 10. The smallest absolute Gasteiger partial charge is 0.168 e. The van der Waals surface area contributed by atoms with E-state index >= 15 is 0 Å². The minimum absolute atomic E-state index is 0.0297. The highest BCUT2D eigenvalue weighted by Gasteiger charge is 1.92. The number of rotatable bonds is 13. The minimum atomic E-state index is 0.0297. The van der Waals surface area contributed by atoms with Crippen LogP contribution in [-0.2, 0) is 4.79 Å². The first-order chi connectivity index (χ1) is 8.81. The Morgan fingerprint density at radius 1 is 0.889 bits per heavy atom. The largest absolute Gasteiger partial charge is 0.324 e. The molecule has 0 amide bonds. The lowest BCUT2D eigenvalue weighted by Gasteiger charge is -2.01. The van der Waals surface area contributed by atoms with Crippen molar-refractivity contribution in [2.75, 3.05) is 6.54 Å². The van der Waals surface area contributed by atoms with Crippen molar-refractivity contribution >= 4 is 5.78 Å². The highest BCUT2D eigenvalue weighted by molar-refractivity contribution is 5.91. The van der Waals surface area contributed by atoms with Gasteiger partial charge >= 0.3 is 0 Å². The Morgan fingerprint density at radius 2 is 1.39 bits per heavy atom. The summed E-state index contributed by atoms with van der Waals surface area (Å²) in [6.07, 6.45) is 18.2. The molecule has 2 heteroatoms. The summed E-state index contributed by atoms with van der Waals surface area (Å²) in [5.41, 5.74) is 5.21. The van der Waals surface area contributed by atoms with Gasteiger partial charge in [-0.2, -0.15) is 0 Å². The molecular weight excluding hydrogens is 222 g/mol. The van der Waals surface area contributed by atoms with Gasteiger partial charge in [0.15, 0.2) is 5.78 Å². The van der Waals surface area contributed by atoms with Gasteiger partial charge in [-0.1, -0.05) is 70.8 Å². The fourth-order valence-corrected chi connectivity index (χ4v) is 2.03. The standard InChI is InChI=1S/C16H31NO/c1-2-3-4-5-6-7-8-9-10-11-12-13-14-16(18)15-17/h13-14H,2-12,15,17H2,1H3. The van der Waals surface area contributed by atoms with Gasteiger partial charge in [-0.3, -0.25) is 4.79 Å². The Kier molecular flexibility index (Phi) is 13.9. The molecule has 0 heterocycles. The van der Waals surface area contributed by atoms with E-state index in [9.17, 15) is 4.79 Å². The van der Waals surface area contributed by atoms with Crippen molar-refractivity contribution in [1.29, 1.82) is 0 Å². The molecule has 0 spiro atoms. The predicted molar refractivity (Wildman–Crippen MR) is 79.7 cm³/mol. The van der Waals surface area contributed by atoms with Gasteiger partial charge in [0.2, 0.25) is 0 Å². The van der Waals surface area contributed by atoms with E-state index in [4.69, 9.17) is 5.73 Å². The van der Waals surface area contributed by atoms with Crippen LogP contribution in [0.25, 0.3) is 0 Å². The molecule has 0 unspecified atom stereocenters. The number of nitrogens with two attached hydrogens (primary N) is 1. The van der Waals surface area contributed by atoms with Crippen LogP contribution in [0.3, 0.4) is 0 Å². The van der Waals surface area contributed by atoms with Gasteiger partial charge in [-0.25, -0.2) is 0 Å². The first kappa shape index (κ1) is 17.4. The molecule has 0 bridgehead atoms. The Bertz CT molecular complexity index is 211. The van der Waals surface area contributed by atoms with Crippen LogP contribution in [0, 0.1) is 0 Å². The van der Waals surface area contributed by atoms with Crippen LogP contribution in [-0.4, -0.2) is 12.3 Å². The fraction of sp³-hybridized carbons (Fsp3) is 0.812. The molecule has 106 valence electrons. The molecule has 0 aliphatic heterocycles. The van der Waals surface area contributed by atoms with Crippen molar-refractivity contribution in [3.05, 3.63) is 12.2 Å². The average Bonchev–Trinajstić information content (AvgIpc) is 2.39. The Hall–Kier alpha value is -0.630. The number of carbonyl (C=O) groups excluding carboxylic acids is 1. The first-order valence-corrected chi connectivity index (χ1v) is 7.70. The van der Waals surface area contributed by atoms with E-state index < -0.39 is 0 Å². The summed E-state index contributed by atoms with van der Waals surface area (Å²) in [5.74, 6) is 0.0297. The molecular formula is C16H31NO. The van der Waals surface area contributed by atoms with E-state index in [2.05, 4.69) is 6.92 Å². The van der Waals surface area contributed by atoms with Gasteiger partial charge in [0, 0.05) is 0 Å². The topological polar surface area (TPSA) is 43.1 Å². The molecule has 0 aliphatic carbocycles. The molecule has 0 fully saturated rings. The Balaban J connectivity index is 3.07. The second-order valence-electron chi connectivity index (χ2n) is 5.04. The number of hydrogen-bond donors (Lipinski definition) is 1. The van der Waals surface area contributed by atoms with E-state index in [0.717, 1.165) is 6.42 Å². The lowest BCUT2D eigenvalue weighted by molar-refractivity contribution is -0.113. The maximum absolute atomic E-state index is 10.9. The third-order valence-electron chi connectivity index (χ3n) is 3.23. The molecule has 2 nitrogen and oxygen atoms in total. The highest BCUT2D eigenvalue weighted by Crippen LogP contribution is 2.11. The van der Waals surface area contributed by atoms with Crippen molar-refractivity contribution in [3.8, 4) is 0 Å². The van der Waals surface area contributed by atoms with Gasteiger partial charge in [0.1, 0.15) is 0 Å². The van der Waals surface area contributed by atoms with Crippen LogP contribution in [0.2, 0.25) is 0 Å². The Labute approximate surface area is 113 Å². The second-order valence-corrected chi connectivity index (χ2v) is 5.04. The molecule has 0 saturated heterocycles. The number of allylic oxidation sites excluding steroid dienone is 1. The van der Waals surface area contributed by atoms with Crippen molar-refractivity contribution in [2.45, 2.75) is 77.6 Å². The highest BCUT2D eigenvalue weighted by atomic mass is 16.1. The van der Waals surface area contributed by atoms with E-state index in [1.807, 2.05) is 6.08 Å². The van der Waals surface area contributed by atoms with Crippen molar-refractivity contribution in [1.82, 2.24) is 0 Å². The molecule has 0 aromatic carbocycles. The zero-order chi connectivity index (χ0) is 13.5. The third kappa shape index (κ3) is 13.4. The molecule has 0 atom stereocenters. The molecule has 0 radical (unpaired) electrons. The first-order valence-electron chi connectivity index (χ1n) is 7.70. The molecule has 0 aromatic heterocycles. The van der Waals surface area contributed by atoms with Gasteiger partial charge in [-0.05, 0) is 18.9 Å². The van der Waals surface area contributed by atoms with Crippen molar-refractivity contribution in [2.24, 2.45) is 5.73 Å². The fourth-order valence-electron chi connectivity index (χ4n) is 2.03. The molecule has 0 saturated carbocycles. The maximum Gasteiger partial charge on any atom is 0.168 e. The lowest BCUT2D eigenvalue weighted by Crippen LogP contribution is -2.09. The third-order valence-corrected chi connectivity index (χ3v) is 3.23. The van der Waals surface area contributed by atoms with Crippen LogP contribution in [0.15, 0.2) is 12.2 Å². The Morgan fingerprint density at radius 3 is 1.89 bits per heavy atom. The quantitative estimate of drug-likeness (QED) is 0.391. The van der Waals surface area contributed by atoms with E-state index in [1.165, 1.54) is 64.2 Å². The zero-order valence-electron chi connectivity index (χ0n) is 12.1. The van der Waals surface area contributed by atoms with Crippen LogP contribution in [0.4, 0.5) is 0 Å². The zero-order valence-corrected chi connectivity index (χ0v) is 12.1. The molecule has 0 rings (SSSR count). The number of ketones is 1. The number of hydrogen-bond acceptors (Lipinski definition) is 2. The molecule has 0 aromatic rings. The summed E-state index contributed by atoms with van der Waals surface area (Å²) >= 11 is 0. The van der Waals surface area contributed by atoms with Crippen molar-refractivity contribution < 1.29 is 4.79 Å². The van der Waals surface area contributed by atoms with Gasteiger partial charge < -0.3 is 5.73 Å². The molecule has 18 heavy (non-hydrogen) atoms. The van der Waals surface area contributed by atoms with Gasteiger partial charge in [-0.15, -0.1) is 0 Å². The molecule has 0 aliphatic rings. The summed E-state index contributed by atoms with van der Waals surface area (Å²) < 4.78 is 0. The normalized spacial score (nSPS) is 11.2. The average molecular weight is 253 g/mol. The summed E-state index contributed by atoms with van der Waals surface area (Å²) in [5, 5.41) is 0. The minimum Gasteiger partial charge on any atom is -0.324 e. The van der Waals surface area contributed by atoms with E-state index in [1.54, 1.807) is 6.08 Å².